The molecule has 4 heteroatoms. The summed E-state index contributed by atoms with van der Waals surface area (Å²) in [6.45, 7) is 0.943. The number of rotatable bonds is 1. The monoisotopic (exact) mass is 290 g/mol. The zero-order valence-electron chi connectivity index (χ0n) is 12.1. The second-order valence-corrected chi connectivity index (χ2v) is 5.56. The highest BCUT2D eigenvalue weighted by Gasteiger charge is 2.16. The van der Waals surface area contributed by atoms with Gasteiger partial charge in [-0.15, -0.1) is 0 Å². The van der Waals surface area contributed by atoms with Crippen LogP contribution in [-0.4, -0.2) is 27.3 Å². The van der Waals surface area contributed by atoms with E-state index in [4.69, 9.17) is 0 Å². The molecule has 0 unspecified atom stereocenters. The van der Waals surface area contributed by atoms with E-state index in [9.17, 15) is 4.79 Å². The molecule has 1 aliphatic rings. The summed E-state index contributed by atoms with van der Waals surface area (Å²) in [7, 11) is 0. The second kappa shape index (κ2) is 5.22. The van der Waals surface area contributed by atoms with Crippen molar-refractivity contribution in [3.05, 3.63) is 70.3 Å². The van der Waals surface area contributed by atoms with Crippen molar-refractivity contribution in [1.82, 2.24) is 9.97 Å². The molecule has 108 valence electrons. The molecule has 0 spiro atoms. The third-order valence-electron chi connectivity index (χ3n) is 4.15. The van der Waals surface area contributed by atoms with Crippen LogP contribution >= 0.6 is 0 Å². The molecule has 0 aliphatic carbocycles. The first kappa shape index (κ1) is 13.0. The minimum absolute atomic E-state index is 0.0953. The van der Waals surface area contributed by atoms with E-state index < -0.39 is 0 Å². The maximum absolute atomic E-state index is 12.0. The van der Waals surface area contributed by atoms with Crippen molar-refractivity contribution >= 4 is 22.8 Å². The van der Waals surface area contributed by atoms with Crippen molar-refractivity contribution in [3.8, 4) is 0 Å². The number of hydrogen-bond acceptors (Lipinski definition) is 2. The summed E-state index contributed by atoms with van der Waals surface area (Å²) >= 11 is 0. The summed E-state index contributed by atoms with van der Waals surface area (Å²) < 4.78 is 2.22. The van der Waals surface area contributed by atoms with Crippen LogP contribution in [0, 0.1) is 0 Å². The molecular formula is C18H16N3O+. The van der Waals surface area contributed by atoms with E-state index in [-0.39, 0.29) is 5.56 Å². The summed E-state index contributed by atoms with van der Waals surface area (Å²) in [5.41, 5.74) is 4.29. The number of nitrogens with one attached hydrogen (secondary N) is 1. The fourth-order valence-corrected chi connectivity index (χ4v) is 3.00. The van der Waals surface area contributed by atoms with Crippen LogP contribution in [0.3, 0.4) is 0 Å². The van der Waals surface area contributed by atoms with Gasteiger partial charge in [0.2, 0.25) is 5.69 Å². The highest BCUT2D eigenvalue weighted by molar-refractivity contribution is 5.82. The van der Waals surface area contributed by atoms with Crippen molar-refractivity contribution < 1.29 is 4.58 Å². The highest BCUT2D eigenvalue weighted by Crippen LogP contribution is 2.20. The summed E-state index contributed by atoms with van der Waals surface area (Å²) in [4.78, 5) is 18.8. The summed E-state index contributed by atoms with van der Waals surface area (Å²) in [5, 5.41) is 0.630. The SMILES string of the molecule is O=c1[nH]cnc2ccc([N+]3=Cc4ccccc4CCC3)cc12. The Morgan fingerprint density at radius 1 is 1.14 bits per heavy atom. The van der Waals surface area contributed by atoms with Crippen molar-refractivity contribution in [3.63, 3.8) is 0 Å². The van der Waals surface area contributed by atoms with E-state index in [0.29, 0.717) is 5.39 Å². The molecule has 0 bridgehead atoms. The van der Waals surface area contributed by atoms with Gasteiger partial charge in [0.1, 0.15) is 6.54 Å². The van der Waals surface area contributed by atoms with Crippen molar-refractivity contribution in [1.29, 1.82) is 0 Å². The first-order chi connectivity index (χ1) is 10.8. The van der Waals surface area contributed by atoms with Crippen LogP contribution in [0.1, 0.15) is 17.5 Å². The number of aromatic nitrogens is 2. The van der Waals surface area contributed by atoms with Crippen LogP contribution in [0.2, 0.25) is 0 Å². The van der Waals surface area contributed by atoms with Gasteiger partial charge in [-0.25, -0.2) is 4.98 Å². The Morgan fingerprint density at radius 2 is 2.05 bits per heavy atom. The molecule has 0 fully saturated rings. The number of aryl methyl sites for hydroxylation is 1. The molecule has 4 nitrogen and oxygen atoms in total. The maximum Gasteiger partial charge on any atom is 0.258 e. The normalized spacial score (nSPS) is 14.3. The van der Waals surface area contributed by atoms with Gasteiger partial charge in [-0.05, 0) is 24.1 Å². The molecule has 0 saturated heterocycles. The van der Waals surface area contributed by atoms with Gasteiger partial charge in [0.25, 0.3) is 5.56 Å². The number of benzene rings is 2. The average molecular weight is 290 g/mol. The van der Waals surface area contributed by atoms with Crippen molar-refractivity contribution in [2.45, 2.75) is 12.8 Å². The van der Waals surface area contributed by atoms with Gasteiger partial charge < -0.3 is 4.98 Å². The molecule has 0 atom stereocenters. The van der Waals surface area contributed by atoms with Gasteiger partial charge in [0.05, 0.1) is 17.2 Å². The van der Waals surface area contributed by atoms with Crippen LogP contribution in [-0.2, 0) is 6.42 Å². The average Bonchev–Trinajstić information content (AvgIpc) is 2.77. The lowest BCUT2D eigenvalue weighted by Crippen LogP contribution is -2.10. The number of aromatic amines is 1. The molecule has 1 N–H and O–H groups in total. The Labute approximate surface area is 127 Å². The molecule has 1 aliphatic heterocycles. The van der Waals surface area contributed by atoms with Gasteiger partial charge in [0.15, 0.2) is 6.21 Å². The summed E-state index contributed by atoms with van der Waals surface area (Å²) in [5.74, 6) is 0. The molecule has 0 saturated carbocycles. The lowest BCUT2D eigenvalue weighted by atomic mass is 10.1. The van der Waals surface area contributed by atoms with E-state index in [1.165, 1.54) is 17.5 Å². The van der Waals surface area contributed by atoms with E-state index >= 15 is 0 Å². The lowest BCUT2D eigenvalue weighted by Gasteiger charge is -2.02. The van der Waals surface area contributed by atoms with Gasteiger partial charge in [-0.2, -0.15) is 4.58 Å². The van der Waals surface area contributed by atoms with Crippen LogP contribution in [0.4, 0.5) is 5.69 Å². The van der Waals surface area contributed by atoms with Crippen molar-refractivity contribution in [2.24, 2.45) is 0 Å². The molecule has 4 rings (SSSR count). The minimum atomic E-state index is -0.0953. The van der Waals surface area contributed by atoms with Crippen LogP contribution in [0.15, 0.2) is 53.6 Å². The molecule has 2 heterocycles. The number of nitrogens with zero attached hydrogens (tertiary/aromatic N) is 2. The van der Waals surface area contributed by atoms with Crippen LogP contribution < -0.4 is 5.56 Å². The Morgan fingerprint density at radius 3 is 3.00 bits per heavy atom. The van der Waals surface area contributed by atoms with E-state index in [0.717, 1.165) is 30.6 Å². The molecular weight excluding hydrogens is 274 g/mol. The predicted molar refractivity (Wildman–Crippen MR) is 87.1 cm³/mol. The highest BCUT2D eigenvalue weighted by atomic mass is 16.1. The van der Waals surface area contributed by atoms with Crippen molar-refractivity contribution in [2.75, 3.05) is 6.54 Å². The van der Waals surface area contributed by atoms with Crippen LogP contribution in [0.5, 0.6) is 0 Å². The Balaban J connectivity index is 1.86. The smallest absolute Gasteiger partial charge is 0.258 e. The largest absolute Gasteiger partial charge is 0.313 e. The van der Waals surface area contributed by atoms with Gasteiger partial charge in [-0.1, -0.05) is 18.2 Å². The second-order valence-electron chi connectivity index (χ2n) is 5.56. The van der Waals surface area contributed by atoms with E-state index in [1.54, 1.807) is 0 Å². The Kier molecular flexibility index (Phi) is 3.07. The fourth-order valence-electron chi connectivity index (χ4n) is 3.00. The predicted octanol–water partition coefficient (Wildman–Crippen LogP) is 2.63. The van der Waals surface area contributed by atoms with Gasteiger partial charge in [0, 0.05) is 24.1 Å². The standard InChI is InChI=1S/C18H15N3O/c22-18-16-10-15(7-8-17(16)19-12-20-18)21-9-3-6-13-4-1-2-5-14(13)11-21/h1-2,4-5,7-8,10-12H,3,6,9H2/p+1. The number of hydrogen-bond donors (Lipinski definition) is 1. The third kappa shape index (κ3) is 2.22. The minimum Gasteiger partial charge on any atom is -0.313 e. The maximum atomic E-state index is 12.0. The molecule has 0 radical (unpaired) electrons. The van der Waals surface area contributed by atoms with E-state index in [1.807, 2.05) is 18.2 Å². The summed E-state index contributed by atoms with van der Waals surface area (Å²) in [6, 6.07) is 14.3. The molecule has 2 aromatic carbocycles. The topological polar surface area (TPSA) is 48.8 Å². The molecule has 1 aromatic heterocycles. The van der Waals surface area contributed by atoms with Gasteiger partial charge in [-0.3, -0.25) is 4.79 Å². The number of fused-ring (bicyclic) bond motifs is 2. The van der Waals surface area contributed by atoms with Gasteiger partial charge >= 0.3 is 0 Å². The Hall–Kier alpha value is -2.75. The number of H-pyrrole nitrogens is 1. The molecule has 3 aromatic rings. The first-order valence-electron chi connectivity index (χ1n) is 7.48. The quantitative estimate of drug-likeness (QED) is 0.700. The molecule has 22 heavy (non-hydrogen) atoms. The zero-order valence-corrected chi connectivity index (χ0v) is 12.1. The summed E-state index contributed by atoms with van der Waals surface area (Å²) in [6.07, 6.45) is 5.79. The lowest BCUT2D eigenvalue weighted by molar-refractivity contribution is -0.435. The first-order valence-corrected chi connectivity index (χ1v) is 7.48. The molecule has 0 amide bonds. The fraction of sp³-hybridized carbons (Fsp3) is 0.167. The Bertz CT molecular complexity index is 940. The van der Waals surface area contributed by atoms with E-state index in [2.05, 4.69) is 45.0 Å². The third-order valence-corrected chi connectivity index (χ3v) is 4.15. The zero-order chi connectivity index (χ0) is 14.9. The van der Waals surface area contributed by atoms with Crippen LogP contribution in [0.25, 0.3) is 10.9 Å².